The van der Waals surface area contributed by atoms with Crippen molar-refractivity contribution >= 4 is 9.84 Å². The Bertz CT molecular complexity index is 586. The average molecular weight is 301 g/mol. The van der Waals surface area contributed by atoms with Gasteiger partial charge in [-0.05, 0) is 36.1 Å². The lowest BCUT2D eigenvalue weighted by Gasteiger charge is -2.31. The zero-order chi connectivity index (χ0) is 14.9. The fourth-order valence-corrected chi connectivity index (χ4v) is 4.10. The fraction of sp³-hybridized carbons (Fsp3) is 0.571. The number of nitrogens with one attached hydrogen (secondary N) is 1. The Morgan fingerprint density at radius 3 is 2.75 bits per heavy atom. The summed E-state index contributed by atoms with van der Waals surface area (Å²) in [6, 6.07) is 3.39. The summed E-state index contributed by atoms with van der Waals surface area (Å²) in [4.78, 5) is 0.197. The molecule has 0 fully saturated rings. The van der Waals surface area contributed by atoms with Crippen LogP contribution in [0.1, 0.15) is 31.9 Å². The fourth-order valence-electron chi connectivity index (χ4n) is 2.50. The number of halogens is 1. The van der Waals surface area contributed by atoms with Crippen molar-refractivity contribution < 1.29 is 17.9 Å². The van der Waals surface area contributed by atoms with Gasteiger partial charge in [0.1, 0.15) is 5.82 Å². The van der Waals surface area contributed by atoms with Gasteiger partial charge < -0.3 is 10.4 Å². The molecule has 20 heavy (non-hydrogen) atoms. The second-order valence-electron chi connectivity index (χ2n) is 5.54. The molecule has 2 atom stereocenters. The van der Waals surface area contributed by atoms with E-state index in [2.05, 4.69) is 5.32 Å². The van der Waals surface area contributed by atoms with Crippen LogP contribution in [-0.4, -0.2) is 31.9 Å². The molecule has 0 bridgehead atoms. The first-order valence-electron chi connectivity index (χ1n) is 6.74. The zero-order valence-corrected chi connectivity index (χ0v) is 12.5. The number of fused-ring (bicyclic) bond motifs is 1. The highest BCUT2D eigenvalue weighted by atomic mass is 32.2. The van der Waals surface area contributed by atoms with E-state index in [1.807, 2.05) is 13.8 Å². The van der Waals surface area contributed by atoms with Crippen molar-refractivity contribution in [3.05, 3.63) is 29.6 Å². The predicted molar refractivity (Wildman–Crippen MR) is 74.7 cm³/mol. The molecule has 0 amide bonds. The lowest BCUT2D eigenvalue weighted by Crippen LogP contribution is -2.41. The molecule has 0 spiro atoms. The van der Waals surface area contributed by atoms with Gasteiger partial charge in [0.25, 0.3) is 0 Å². The number of sulfone groups is 1. The first-order valence-corrected chi connectivity index (χ1v) is 8.39. The number of rotatable bonds is 4. The van der Waals surface area contributed by atoms with Gasteiger partial charge in [-0.3, -0.25) is 0 Å². The summed E-state index contributed by atoms with van der Waals surface area (Å²) >= 11 is 0. The molecule has 1 aromatic rings. The summed E-state index contributed by atoms with van der Waals surface area (Å²) in [5, 5.41) is 12.6. The second-order valence-corrected chi connectivity index (χ2v) is 7.62. The Kier molecular flexibility index (Phi) is 4.46. The van der Waals surface area contributed by atoms with Gasteiger partial charge in [0.15, 0.2) is 9.84 Å². The summed E-state index contributed by atoms with van der Waals surface area (Å²) in [5.41, 5.74) is 0.468. The Balaban J connectivity index is 2.37. The Morgan fingerprint density at radius 1 is 1.45 bits per heavy atom. The van der Waals surface area contributed by atoms with Crippen LogP contribution in [0.4, 0.5) is 4.39 Å². The van der Waals surface area contributed by atoms with Gasteiger partial charge in [-0.2, -0.15) is 0 Å². The minimum absolute atomic E-state index is 0.0361. The molecule has 0 saturated carbocycles. The highest BCUT2D eigenvalue weighted by Gasteiger charge is 2.32. The van der Waals surface area contributed by atoms with E-state index in [0.29, 0.717) is 12.0 Å². The number of hydrogen-bond acceptors (Lipinski definition) is 4. The van der Waals surface area contributed by atoms with E-state index in [-0.39, 0.29) is 35.3 Å². The Hall–Kier alpha value is -0.980. The van der Waals surface area contributed by atoms with E-state index in [4.69, 9.17) is 0 Å². The lowest BCUT2D eigenvalue weighted by molar-refractivity contribution is 0.197. The summed E-state index contributed by atoms with van der Waals surface area (Å²) in [6.45, 7) is 3.91. The Labute approximate surface area is 118 Å². The van der Waals surface area contributed by atoms with Gasteiger partial charge in [-0.15, -0.1) is 0 Å². The molecule has 112 valence electrons. The molecule has 0 saturated heterocycles. The molecule has 6 heteroatoms. The van der Waals surface area contributed by atoms with Crippen LogP contribution in [0.2, 0.25) is 0 Å². The summed E-state index contributed by atoms with van der Waals surface area (Å²) in [5.74, 6) is -0.201. The molecule has 2 N–H and O–H groups in total. The van der Waals surface area contributed by atoms with Crippen molar-refractivity contribution in [2.75, 3.05) is 12.4 Å². The minimum Gasteiger partial charge on any atom is -0.395 e. The van der Waals surface area contributed by atoms with E-state index in [1.54, 1.807) is 0 Å². The van der Waals surface area contributed by atoms with Crippen molar-refractivity contribution in [2.24, 2.45) is 5.92 Å². The third-order valence-corrected chi connectivity index (χ3v) is 5.59. The summed E-state index contributed by atoms with van der Waals surface area (Å²) in [6.07, 6.45) is 0.391. The summed E-state index contributed by atoms with van der Waals surface area (Å²) < 4.78 is 37.5. The van der Waals surface area contributed by atoms with Crippen LogP contribution in [-0.2, 0) is 9.84 Å². The quantitative estimate of drug-likeness (QED) is 0.830. The number of aliphatic hydroxyl groups is 1. The molecule has 1 aromatic carbocycles. The monoisotopic (exact) mass is 301 g/mol. The predicted octanol–water partition coefficient (Wildman–Crippen LogP) is 1.65. The molecule has 2 rings (SSSR count). The molecular formula is C14H20FNO3S. The number of hydrogen-bond donors (Lipinski definition) is 2. The smallest absolute Gasteiger partial charge is 0.178 e. The Morgan fingerprint density at radius 2 is 2.15 bits per heavy atom. The number of aliphatic hydroxyl groups excluding tert-OH is 1. The molecule has 2 unspecified atom stereocenters. The van der Waals surface area contributed by atoms with Crippen LogP contribution in [0.3, 0.4) is 0 Å². The molecule has 0 aromatic heterocycles. The van der Waals surface area contributed by atoms with Gasteiger partial charge in [-0.1, -0.05) is 13.8 Å². The van der Waals surface area contributed by atoms with Gasteiger partial charge in [-0.25, -0.2) is 12.8 Å². The van der Waals surface area contributed by atoms with Crippen molar-refractivity contribution in [1.82, 2.24) is 5.32 Å². The van der Waals surface area contributed by atoms with Crippen LogP contribution in [0.25, 0.3) is 0 Å². The number of benzene rings is 1. The van der Waals surface area contributed by atoms with E-state index in [1.165, 1.54) is 18.2 Å². The molecule has 1 aliphatic heterocycles. The molecule has 4 nitrogen and oxygen atoms in total. The van der Waals surface area contributed by atoms with E-state index < -0.39 is 15.7 Å². The van der Waals surface area contributed by atoms with E-state index in [0.717, 1.165) is 0 Å². The standard InChI is InChI=1S/C14H20FNO3S/c1-9(2)13(8-17)16-12-5-6-20(18,19)14-4-3-10(15)7-11(12)14/h3-4,7,9,12-13,16-17H,5-6,8H2,1-2H3. The third-order valence-electron chi connectivity index (χ3n) is 3.77. The van der Waals surface area contributed by atoms with Crippen molar-refractivity contribution in [3.63, 3.8) is 0 Å². The molecular weight excluding hydrogens is 281 g/mol. The van der Waals surface area contributed by atoms with Crippen LogP contribution in [0.5, 0.6) is 0 Å². The zero-order valence-electron chi connectivity index (χ0n) is 11.6. The highest BCUT2D eigenvalue weighted by molar-refractivity contribution is 7.91. The highest BCUT2D eigenvalue weighted by Crippen LogP contribution is 2.33. The van der Waals surface area contributed by atoms with Gasteiger partial charge in [0.2, 0.25) is 0 Å². The normalized spacial score (nSPS) is 22.6. The van der Waals surface area contributed by atoms with Gasteiger partial charge >= 0.3 is 0 Å². The SMILES string of the molecule is CC(C)C(CO)NC1CCS(=O)(=O)c2ccc(F)cc21. The molecule has 0 radical (unpaired) electrons. The molecule has 0 aliphatic carbocycles. The maximum atomic E-state index is 13.4. The second kappa shape index (κ2) is 5.79. The van der Waals surface area contributed by atoms with Crippen molar-refractivity contribution in [2.45, 2.75) is 37.2 Å². The summed E-state index contributed by atoms with van der Waals surface area (Å²) in [7, 11) is -3.32. The first kappa shape index (κ1) is 15.4. The van der Waals surface area contributed by atoms with Crippen LogP contribution < -0.4 is 5.32 Å². The van der Waals surface area contributed by atoms with Crippen LogP contribution in [0, 0.1) is 11.7 Å². The lowest BCUT2D eigenvalue weighted by atomic mass is 9.99. The maximum Gasteiger partial charge on any atom is 0.178 e. The van der Waals surface area contributed by atoms with Crippen LogP contribution >= 0.6 is 0 Å². The minimum atomic E-state index is -3.32. The molecule has 1 heterocycles. The van der Waals surface area contributed by atoms with Crippen LogP contribution in [0.15, 0.2) is 23.1 Å². The van der Waals surface area contributed by atoms with E-state index >= 15 is 0 Å². The van der Waals surface area contributed by atoms with Crippen molar-refractivity contribution in [3.8, 4) is 0 Å². The van der Waals surface area contributed by atoms with E-state index in [9.17, 15) is 17.9 Å². The first-order chi connectivity index (χ1) is 9.35. The largest absolute Gasteiger partial charge is 0.395 e. The average Bonchev–Trinajstić information content (AvgIpc) is 2.37. The van der Waals surface area contributed by atoms with Gasteiger partial charge in [0, 0.05) is 12.1 Å². The van der Waals surface area contributed by atoms with Crippen molar-refractivity contribution in [1.29, 1.82) is 0 Å². The van der Waals surface area contributed by atoms with Gasteiger partial charge in [0.05, 0.1) is 17.3 Å². The topological polar surface area (TPSA) is 66.4 Å². The molecule has 1 aliphatic rings. The maximum absolute atomic E-state index is 13.4. The third kappa shape index (κ3) is 3.02.